The third-order valence-electron chi connectivity index (χ3n) is 2.91. The lowest BCUT2D eigenvalue weighted by Gasteiger charge is -2.30. The zero-order valence-electron chi connectivity index (χ0n) is 11.9. The Morgan fingerprint density at radius 2 is 1.95 bits per heavy atom. The van der Waals surface area contributed by atoms with E-state index < -0.39 is 12.7 Å². The highest BCUT2D eigenvalue weighted by Gasteiger charge is 2.32. The second-order valence-corrected chi connectivity index (χ2v) is 5.75. The monoisotopic (exact) mass is 352 g/mol. The Hall–Kier alpha value is -0.750. The Morgan fingerprint density at radius 3 is 2.40 bits per heavy atom. The highest BCUT2D eigenvalue weighted by Crippen LogP contribution is 2.28. The molecule has 1 aromatic carbocycles. The van der Waals surface area contributed by atoms with Gasteiger partial charge in [-0.15, -0.1) is 0 Å². The maximum absolute atomic E-state index is 12.6. The SMILES string of the molecule is CCNCc1ccc(N(CC(F)(F)F)C(C)C)cc1Br. The molecule has 1 aromatic rings. The number of hydrogen-bond acceptors (Lipinski definition) is 2. The molecule has 20 heavy (non-hydrogen) atoms. The van der Waals surface area contributed by atoms with Crippen molar-refractivity contribution in [1.82, 2.24) is 5.32 Å². The van der Waals surface area contributed by atoms with Gasteiger partial charge in [-0.2, -0.15) is 13.2 Å². The number of hydrogen-bond donors (Lipinski definition) is 1. The van der Waals surface area contributed by atoms with Gasteiger partial charge in [0.1, 0.15) is 6.54 Å². The summed E-state index contributed by atoms with van der Waals surface area (Å²) in [6.45, 7) is 6.12. The van der Waals surface area contributed by atoms with Crippen LogP contribution in [0.15, 0.2) is 22.7 Å². The van der Waals surface area contributed by atoms with Crippen molar-refractivity contribution in [2.24, 2.45) is 0 Å². The van der Waals surface area contributed by atoms with E-state index in [1.54, 1.807) is 26.0 Å². The second kappa shape index (κ2) is 7.31. The van der Waals surface area contributed by atoms with Gasteiger partial charge in [0.2, 0.25) is 0 Å². The zero-order chi connectivity index (χ0) is 15.3. The molecule has 0 radical (unpaired) electrons. The fourth-order valence-corrected chi connectivity index (χ4v) is 2.39. The molecule has 0 heterocycles. The van der Waals surface area contributed by atoms with Gasteiger partial charge in [-0.05, 0) is 38.1 Å². The first kappa shape index (κ1) is 17.3. The lowest BCUT2D eigenvalue weighted by Crippen LogP contribution is -2.39. The average Bonchev–Trinajstić information content (AvgIpc) is 2.33. The van der Waals surface area contributed by atoms with Crippen LogP contribution in [0.3, 0.4) is 0 Å². The molecule has 0 aliphatic rings. The lowest BCUT2D eigenvalue weighted by molar-refractivity contribution is -0.120. The van der Waals surface area contributed by atoms with Gasteiger partial charge < -0.3 is 10.2 Å². The summed E-state index contributed by atoms with van der Waals surface area (Å²) in [4.78, 5) is 1.35. The van der Waals surface area contributed by atoms with Crippen molar-refractivity contribution in [1.29, 1.82) is 0 Å². The lowest BCUT2D eigenvalue weighted by atomic mass is 10.1. The fourth-order valence-electron chi connectivity index (χ4n) is 1.88. The molecular weight excluding hydrogens is 333 g/mol. The van der Waals surface area contributed by atoms with Crippen molar-refractivity contribution in [2.45, 2.75) is 39.5 Å². The van der Waals surface area contributed by atoms with E-state index in [9.17, 15) is 13.2 Å². The van der Waals surface area contributed by atoms with Gasteiger partial charge in [0.15, 0.2) is 0 Å². The molecule has 2 nitrogen and oxygen atoms in total. The van der Waals surface area contributed by atoms with Crippen LogP contribution in [0.1, 0.15) is 26.3 Å². The van der Waals surface area contributed by atoms with Gasteiger partial charge in [-0.3, -0.25) is 0 Å². The van der Waals surface area contributed by atoms with E-state index in [1.807, 2.05) is 13.0 Å². The van der Waals surface area contributed by atoms with Gasteiger partial charge >= 0.3 is 6.18 Å². The Bertz CT molecular complexity index is 433. The van der Waals surface area contributed by atoms with Gasteiger partial charge in [-0.25, -0.2) is 0 Å². The number of nitrogens with one attached hydrogen (secondary N) is 1. The molecule has 0 unspecified atom stereocenters. The van der Waals surface area contributed by atoms with E-state index in [4.69, 9.17) is 0 Å². The third-order valence-corrected chi connectivity index (χ3v) is 3.64. The molecule has 0 fully saturated rings. The van der Waals surface area contributed by atoms with E-state index in [1.165, 1.54) is 4.90 Å². The molecule has 0 aromatic heterocycles. The summed E-state index contributed by atoms with van der Waals surface area (Å²) in [5.41, 5.74) is 1.61. The summed E-state index contributed by atoms with van der Waals surface area (Å²) in [6, 6.07) is 5.12. The molecule has 0 saturated carbocycles. The zero-order valence-corrected chi connectivity index (χ0v) is 13.5. The van der Waals surface area contributed by atoms with Crippen LogP contribution in [0.5, 0.6) is 0 Å². The standard InChI is InChI=1S/C14H20BrF3N2/c1-4-19-8-11-5-6-12(7-13(11)15)20(10(2)3)9-14(16,17)18/h5-7,10,19H,4,8-9H2,1-3H3. The summed E-state index contributed by atoms with van der Waals surface area (Å²) in [7, 11) is 0. The van der Waals surface area contributed by atoms with Crippen LogP contribution < -0.4 is 10.2 Å². The highest BCUT2D eigenvalue weighted by atomic mass is 79.9. The molecule has 0 amide bonds. The van der Waals surface area contributed by atoms with Crippen molar-refractivity contribution < 1.29 is 13.2 Å². The van der Waals surface area contributed by atoms with Crippen LogP contribution in [0.2, 0.25) is 0 Å². The predicted octanol–water partition coefficient (Wildman–Crippen LogP) is 4.34. The van der Waals surface area contributed by atoms with Crippen LogP contribution in [0, 0.1) is 0 Å². The number of rotatable bonds is 6. The Morgan fingerprint density at radius 1 is 1.30 bits per heavy atom. The quantitative estimate of drug-likeness (QED) is 0.819. The van der Waals surface area contributed by atoms with Crippen LogP contribution >= 0.6 is 15.9 Å². The molecule has 0 saturated heterocycles. The molecule has 0 bridgehead atoms. The van der Waals surface area contributed by atoms with Crippen LogP contribution in [-0.4, -0.2) is 25.3 Å². The average molecular weight is 353 g/mol. The maximum atomic E-state index is 12.6. The van der Waals surface area contributed by atoms with E-state index >= 15 is 0 Å². The smallest absolute Gasteiger partial charge is 0.360 e. The summed E-state index contributed by atoms with van der Waals surface area (Å²) < 4.78 is 38.7. The Labute approximate surface area is 126 Å². The van der Waals surface area contributed by atoms with Gasteiger partial charge in [0.05, 0.1) is 0 Å². The molecule has 0 aliphatic heterocycles. The van der Waals surface area contributed by atoms with Gasteiger partial charge in [0, 0.05) is 22.7 Å². The molecular formula is C14H20BrF3N2. The van der Waals surface area contributed by atoms with Crippen LogP contribution in [0.25, 0.3) is 0 Å². The minimum Gasteiger partial charge on any atom is -0.360 e. The van der Waals surface area contributed by atoms with Crippen molar-refractivity contribution in [3.63, 3.8) is 0 Å². The largest absolute Gasteiger partial charge is 0.405 e. The summed E-state index contributed by atoms with van der Waals surface area (Å²) in [5.74, 6) is 0. The number of alkyl halides is 3. The van der Waals surface area contributed by atoms with Crippen LogP contribution in [0.4, 0.5) is 18.9 Å². The number of anilines is 1. The number of benzene rings is 1. The molecule has 0 aliphatic carbocycles. The number of nitrogens with zero attached hydrogens (tertiary/aromatic N) is 1. The van der Waals surface area contributed by atoms with Crippen molar-refractivity contribution in [3.05, 3.63) is 28.2 Å². The minimum absolute atomic E-state index is 0.219. The van der Waals surface area contributed by atoms with Crippen molar-refractivity contribution in [3.8, 4) is 0 Å². The molecule has 0 atom stereocenters. The van der Waals surface area contributed by atoms with Crippen molar-refractivity contribution in [2.75, 3.05) is 18.0 Å². The summed E-state index contributed by atoms with van der Waals surface area (Å²) in [5, 5.41) is 3.19. The van der Waals surface area contributed by atoms with E-state index in [0.717, 1.165) is 16.6 Å². The van der Waals surface area contributed by atoms with E-state index in [-0.39, 0.29) is 6.04 Å². The maximum Gasteiger partial charge on any atom is 0.405 e. The molecule has 1 N–H and O–H groups in total. The van der Waals surface area contributed by atoms with E-state index in [2.05, 4.69) is 21.2 Å². The van der Waals surface area contributed by atoms with Gasteiger partial charge in [-0.1, -0.05) is 28.9 Å². The predicted molar refractivity (Wildman–Crippen MR) is 80.1 cm³/mol. The third kappa shape index (κ3) is 5.32. The first-order valence-electron chi connectivity index (χ1n) is 6.57. The topological polar surface area (TPSA) is 15.3 Å². The van der Waals surface area contributed by atoms with E-state index in [0.29, 0.717) is 12.2 Å². The Balaban J connectivity index is 2.95. The van der Waals surface area contributed by atoms with Crippen LogP contribution in [-0.2, 0) is 6.54 Å². The highest BCUT2D eigenvalue weighted by molar-refractivity contribution is 9.10. The molecule has 114 valence electrons. The fraction of sp³-hybridized carbons (Fsp3) is 0.571. The minimum atomic E-state index is -4.21. The first-order valence-corrected chi connectivity index (χ1v) is 7.36. The Kier molecular flexibility index (Phi) is 6.33. The first-order chi connectivity index (χ1) is 9.24. The molecule has 6 heteroatoms. The summed E-state index contributed by atoms with van der Waals surface area (Å²) in [6.07, 6.45) is -4.21. The summed E-state index contributed by atoms with van der Waals surface area (Å²) >= 11 is 3.43. The van der Waals surface area contributed by atoms with Crippen molar-refractivity contribution >= 4 is 21.6 Å². The molecule has 0 spiro atoms. The second-order valence-electron chi connectivity index (χ2n) is 4.89. The molecule has 1 rings (SSSR count). The number of halogens is 4. The normalized spacial score (nSPS) is 12.0. The van der Waals surface area contributed by atoms with Gasteiger partial charge in [0.25, 0.3) is 0 Å².